The van der Waals surface area contributed by atoms with Crippen molar-refractivity contribution in [3.63, 3.8) is 0 Å². The molecular formula is C15H21N5O2S. The zero-order valence-corrected chi connectivity index (χ0v) is 14.2. The molecule has 2 aromatic rings. The molecule has 0 saturated carbocycles. The normalized spacial score (nSPS) is 25.8. The van der Waals surface area contributed by atoms with Crippen molar-refractivity contribution in [1.82, 2.24) is 24.4 Å². The summed E-state index contributed by atoms with van der Waals surface area (Å²) in [6.07, 6.45) is 4.22. The Morgan fingerprint density at radius 1 is 1.26 bits per heavy atom. The van der Waals surface area contributed by atoms with Crippen LogP contribution < -0.4 is 5.32 Å². The van der Waals surface area contributed by atoms with Gasteiger partial charge in [-0.2, -0.15) is 9.40 Å². The summed E-state index contributed by atoms with van der Waals surface area (Å²) < 4.78 is 29.8. The van der Waals surface area contributed by atoms with E-state index in [1.165, 1.54) is 6.20 Å². The quantitative estimate of drug-likeness (QED) is 0.878. The van der Waals surface area contributed by atoms with Crippen molar-refractivity contribution in [2.75, 3.05) is 13.1 Å². The van der Waals surface area contributed by atoms with E-state index in [9.17, 15) is 8.42 Å². The van der Waals surface area contributed by atoms with Crippen molar-refractivity contribution in [2.45, 2.75) is 43.2 Å². The highest BCUT2D eigenvalue weighted by Crippen LogP contribution is 2.34. The van der Waals surface area contributed by atoms with Crippen LogP contribution in [-0.4, -0.2) is 52.7 Å². The average molecular weight is 335 g/mol. The summed E-state index contributed by atoms with van der Waals surface area (Å²) in [4.78, 5) is 4.61. The van der Waals surface area contributed by atoms with Gasteiger partial charge in [0.15, 0.2) is 5.65 Å². The molecule has 4 heterocycles. The van der Waals surface area contributed by atoms with E-state index in [0.717, 1.165) is 43.4 Å². The van der Waals surface area contributed by atoms with Crippen molar-refractivity contribution in [3.8, 4) is 0 Å². The Morgan fingerprint density at radius 2 is 2.04 bits per heavy atom. The fourth-order valence-electron chi connectivity index (χ4n) is 3.88. The molecule has 7 nitrogen and oxygen atoms in total. The first-order valence-electron chi connectivity index (χ1n) is 8.02. The maximum atomic E-state index is 13.2. The molecule has 2 atom stereocenters. The van der Waals surface area contributed by atoms with Crippen molar-refractivity contribution >= 4 is 21.1 Å². The number of sulfonamides is 1. The summed E-state index contributed by atoms with van der Waals surface area (Å²) in [5.74, 6) is 0. The van der Waals surface area contributed by atoms with Crippen molar-refractivity contribution in [3.05, 3.63) is 18.0 Å². The molecule has 124 valence electrons. The van der Waals surface area contributed by atoms with Gasteiger partial charge in [-0.3, -0.25) is 4.68 Å². The van der Waals surface area contributed by atoms with E-state index in [-0.39, 0.29) is 17.0 Å². The van der Waals surface area contributed by atoms with Crippen LogP contribution in [0.15, 0.2) is 17.2 Å². The molecule has 0 radical (unpaired) electrons. The van der Waals surface area contributed by atoms with Crippen LogP contribution in [0.25, 0.3) is 11.0 Å². The number of pyridine rings is 1. The highest BCUT2D eigenvalue weighted by atomic mass is 32.2. The lowest BCUT2D eigenvalue weighted by Crippen LogP contribution is -2.42. The van der Waals surface area contributed by atoms with E-state index in [1.807, 2.05) is 14.0 Å². The van der Waals surface area contributed by atoms with Gasteiger partial charge in [0, 0.05) is 37.3 Å². The minimum absolute atomic E-state index is 0.0539. The monoisotopic (exact) mass is 335 g/mol. The second-order valence-corrected chi connectivity index (χ2v) is 8.31. The Balaban J connectivity index is 1.81. The van der Waals surface area contributed by atoms with Gasteiger partial charge in [0.25, 0.3) is 0 Å². The first kappa shape index (κ1) is 15.0. The average Bonchev–Trinajstić information content (AvgIpc) is 2.95. The number of hydrogen-bond donors (Lipinski definition) is 1. The van der Waals surface area contributed by atoms with Crippen LogP contribution in [0.5, 0.6) is 0 Å². The first-order valence-corrected chi connectivity index (χ1v) is 9.46. The summed E-state index contributed by atoms with van der Waals surface area (Å²) in [5.41, 5.74) is 1.51. The molecule has 2 aliphatic heterocycles. The van der Waals surface area contributed by atoms with Crippen LogP contribution in [0.2, 0.25) is 0 Å². The molecular weight excluding hydrogens is 314 g/mol. The number of nitrogens with one attached hydrogen (secondary N) is 1. The fourth-order valence-corrected chi connectivity index (χ4v) is 5.75. The molecule has 2 aliphatic rings. The Kier molecular flexibility index (Phi) is 3.44. The minimum atomic E-state index is -3.53. The van der Waals surface area contributed by atoms with Crippen molar-refractivity contribution < 1.29 is 8.42 Å². The Morgan fingerprint density at radius 3 is 2.87 bits per heavy atom. The molecule has 1 N–H and O–H groups in total. The molecule has 2 bridgehead atoms. The van der Waals surface area contributed by atoms with Gasteiger partial charge < -0.3 is 5.32 Å². The third-order valence-corrected chi connectivity index (χ3v) is 6.97. The lowest BCUT2D eigenvalue weighted by Gasteiger charge is -2.26. The van der Waals surface area contributed by atoms with Crippen LogP contribution in [0.3, 0.4) is 0 Å². The molecule has 2 aromatic heterocycles. The molecule has 0 aliphatic carbocycles. The largest absolute Gasteiger partial charge is 0.315 e. The third kappa shape index (κ3) is 2.28. The minimum Gasteiger partial charge on any atom is -0.315 e. The van der Waals surface area contributed by atoms with E-state index < -0.39 is 10.0 Å². The molecule has 2 unspecified atom stereocenters. The van der Waals surface area contributed by atoms with Crippen LogP contribution in [0.4, 0.5) is 0 Å². The molecule has 0 spiro atoms. The molecule has 2 saturated heterocycles. The topological polar surface area (TPSA) is 80.1 Å². The van der Waals surface area contributed by atoms with Gasteiger partial charge in [-0.15, -0.1) is 0 Å². The maximum Gasteiger partial charge on any atom is 0.245 e. The molecule has 4 rings (SSSR count). The molecule has 2 fully saturated rings. The summed E-state index contributed by atoms with van der Waals surface area (Å²) in [7, 11) is -1.71. The maximum absolute atomic E-state index is 13.2. The SMILES string of the molecule is Cc1nn(C)c2ncc(S(=O)(=O)N3C4CCNCC3CC4)cc12. The van der Waals surface area contributed by atoms with Gasteiger partial charge in [-0.05, 0) is 38.8 Å². The van der Waals surface area contributed by atoms with Gasteiger partial charge in [-0.25, -0.2) is 13.4 Å². The number of aromatic nitrogens is 3. The second kappa shape index (κ2) is 5.25. The fraction of sp³-hybridized carbons (Fsp3) is 0.600. The third-order valence-electron chi connectivity index (χ3n) is 5.00. The predicted octanol–water partition coefficient (Wildman–Crippen LogP) is 0.792. The highest BCUT2D eigenvalue weighted by Gasteiger charge is 2.43. The highest BCUT2D eigenvalue weighted by molar-refractivity contribution is 7.89. The zero-order chi connectivity index (χ0) is 16.2. The number of nitrogens with zero attached hydrogens (tertiary/aromatic N) is 4. The molecule has 23 heavy (non-hydrogen) atoms. The Hall–Kier alpha value is -1.51. The van der Waals surface area contributed by atoms with Crippen molar-refractivity contribution in [2.24, 2.45) is 7.05 Å². The van der Waals surface area contributed by atoms with Gasteiger partial charge in [0.2, 0.25) is 10.0 Å². The lowest BCUT2D eigenvalue weighted by atomic mass is 10.1. The summed E-state index contributed by atoms with van der Waals surface area (Å²) >= 11 is 0. The van der Waals surface area contributed by atoms with Crippen molar-refractivity contribution in [1.29, 1.82) is 0 Å². The summed E-state index contributed by atoms with van der Waals surface area (Å²) in [5, 5.41) is 8.46. The number of rotatable bonds is 2. The first-order chi connectivity index (χ1) is 11.0. The van der Waals surface area contributed by atoms with E-state index in [2.05, 4.69) is 15.4 Å². The van der Waals surface area contributed by atoms with Crippen LogP contribution >= 0.6 is 0 Å². The molecule has 8 heteroatoms. The smallest absolute Gasteiger partial charge is 0.245 e. The van der Waals surface area contributed by atoms with Gasteiger partial charge in [-0.1, -0.05) is 0 Å². The summed E-state index contributed by atoms with van der Waals surface area (Å²) in [6, 6.07) is 1.88. The number of fused-ring (bicyclic) bond motifs is 3. The van der Waals surface area contributed by atoms with E-state index in [1.54, 1.807) is 15.1 Å². The van der Waals surface area contributed by atoms with Gasteiger partial charge in [0.1, 0.15) is 4.90 Å². The lowest BCUT2D eigenvalue weighted by molar-refractivity contribution is 0.334. The molecule has 0 aromatic carbocycles. The molecule has 0 amide bonds. The van der Waals surface area contributed by atoms with E-state index in [4.69, 9.17) is 0 Å². The van der Waals surface area contributed by atoms with Gasteiger partial charge >= 0.3 is 0 Å². The Labute approximate surface area is 135 Å². The zero-order valence-electron chi connectivity index (χ0n) is 13.4. The number of hydrogen-bond acceptors (Lipinski definition) is 5. The Bertz CT molecular complexity index is 846. The standard InChI is InChI=1S/C15H21N5O2S/c1-10-14-7-13(9-17-15(14)19(2)18-10)23(21,22)20-11-3-4-12(20)8-16-6-5-11/h7,9,11-12,16H,3-6,8H2,1-2H3. The number of aryl methyl sites for hydroxylation is 2. The van der Waals surface area contributed by atoms with Crippen LogP contribution in [0.1, 0.15) is 25.0 Å². The van der Waals surface area contributed by atoms with Crippen LogP contribution in [-0.2, 0) is 17.1 Å². The predicted molar refractivity (Wildman–Crippen MR) is 86.6 cm³/mol. The van der Waals surface area contributed by atoms with E-state index in [0.29, 0.717) is 5.65 Å². The van der Waals surface area contributed by atoms with Crippen LogP contribution in [0, 0.1) is 6.92 Å². The van der Waals surface area contributed by atoms with E-state index >= 15 is 0 Å². The summed E-state index contributed by atoms with van der Waals surface area (Å²) in [6.45, 7) is 3.49. The van der Waals surface area contributed by atoms with Gasteiger partial charge in [0.05, 0.1) is 5.69 Å². The second-order valence-electron chi connectivity index (χ2n) is 6.46.